The second-order valence-electron chi connectivity index (χ2n) is 8.46. The first-order valence-electron chi connectivity index (χ1n) is 10.8. The van der Waals surface area contributed by atoms with E-state index in [2.05, 4.69) is 4.98 Å². The Hall–Kier alpha value is -3.52. The molecule has 0 saturated heterocycles. The molecule has 0 amide bonds. The number of likely N-dealkylation sites (N-methyl/N-ethyl adjacent to an activating group) is 1. The fourth-order valence-electron chi connectivity index (χ4n) is 4.13. The molecule has 1 aliphatic heterocycles. The molecule has 7 nitrogen and oxygen atoms in total. The Morgan fingerprint density at radius 1 is 1.15 bits per heavy atom. The molecule has 0 spiro atoms. The van der Waals surface area contributed by atoms with E-state index in [0.29, 0.717) is 23.6 Å². The number of anilines is 1. The molecule has 33 heavy (non-hydrogen) atoms. The summed E-state index contributed by atoms with van der Waals surface area (Å²) in [7, 11) is -1.99. The first kappa shape index (κ1) is 21.3. The third-order valence-corrected chi connectivity index (χ3v) is 8.15. The van der Waals surface area contributed by atoms with Crippen LogP contribution in [0.2, 0.25) is 0 Å². The van der Waals surface area contributed by atoms with Gasteiger partial charge in [-0.05, 0) is 60.7 Å². The third kappa shape index (κ3) is 3.60. The van der Waals surface area contributed by atoms with Crippen LogP contribution in [0.5, 0.6) is 5.75 Å². The van der Waals surface area contributed by atoms with Gasteiger partial charge in [-0.3, -0.25) is 9.10 Å². The molecule has 0 radical (unpaired) electrons. The fraction of sp³-hybridized carbons (Fsp3) is 0.240. The van der Waals surface area contributed by atoms with Gasteiger partial charge in [0.15, 0.2) is 0 Å². The summed E-state index contributed by atoms with van der Waals surface area (Å²) >= 11 is 0. The van der Waals surface area contributed by atoms with Crippen LogP contribution in [0.15, 0.2) is 70.0 Å². The number of allylic oxidation sites excluding steroid dienone is 3. The molecule has 0 saturated carbocycles. The molecule has 1 N–H and O–H groups in total. The number of ether oxygens (including phenoxy) is 1. The van der Waals surface area contributed by atoms with Crippen LogP contribution in [0, 0.1) is 13.8 Å². The smallest absolute Gasteiger partial charge is 0.264 e. The van der Waals surface area contributed by atoms with Gasteiger partial charge in [0.05, 0.1) is 34.9 Å². The Morgan fingerprint density at radius 3 is 2.67 bits per heavy atom. The Balaban J connectivity index is 1.56. The zero-order chi connectivity index (χ0) is 23.3. The maximum Gasteiger partial charge on any atom is 0.264 e. The van der Waals surface area contributed by atoms with E-state index in [0.717, 1.165) is 34.3 Å². The molecular formula is C25H25N3O4S. The molecule has 1 aromatic heterocycles. The van der Waals surface area contributed by atoms with Crippen LogP contribution in [-0.2, 0) is 16.6 Å². The first-order valence-corrected chi connectivity index (χ1v) is 12.2. The first-order chi connectivity index (χ1) is 15.8. The second-order valence-corrected chi connectivity index (χ2v) is 10.3. The molecule has 2 heterocycles. The standard InChI is InChI=1S/C25H25N3O4S/c1-16-7-8-18-13-19(25(29)26-24(18)17(16)2)15-28(20-5-4-6-20)33(30,31)21-9-10-22-23(14-21)32-12-11-27(22)3/h4-10,13-14H,11-12,15H2,1-3H3,(H,26,29). The van der Waals surface area contributed by atoms with Crippen LogP contribution in [-0.4, -0.2) is 37.9 Å². The van der Waals surface area contributed by atoms with Gasteiger partial charge >= 0.3 is 0 Å². The number of H-pyrrole nitrogens is 1. The summed E-state index contributed by atoms with van der Waals surface area (Å²) in [5.74, 6) is 0.539. The lowest BCUT2D eigenvalue weighted by atomic mass is 10.0. The molecule has 3 aromatic rings. The molecule has 0 fully saturated rings. The average Bonchev–Trinajstić information content (AvgIpc) is 2.75. The van der Waals surface area contributed by atoms with E-state index in [-0.39, 0.29) is 17.0 Å². The summed E-state index contributed by atoms with van der Waals surface area (Å²) < 4.78 is 34.3. The highest BCUT2D eigenvalue weighted by Gasteiger charge is 2.30. The highest BCUT2D eigenvalue weighted by atomic mass is 32.2. The zero-order valence-corrected chi connectivity index (χ0v) is 19.6. The number of aromatic nitrogens is 1. The van der Waals surface area contributed by atoms with Crippen LogP contribution in [0.4, 0.5) is 5.69 Å². The monoisotopic (exact) mass is 463 g/mol. The summed E-state index contributed by atoms with van der Waals surface area (Å²) in [4.78, 5) is 18.0. The van der Waals surface area contributed by atoms with Crippen LogP contribution >= 0.6 is 0 Å². The maximum atomic E-state index is 13.7. The number of nitrogens with zero attached hydrogens (tertiary/aromatic N) is 2. The third-order valence-electron chi connectivity index (χ3n) is 6.38. The van der Waals surface area contributed by atoms with Crippen LogP contribution in [0.25, 0.3) is 10.9 Å². The fourth-order valence-corrected chi connectivity index (χ4v) is 5.59. The predicted octanol–water partition coefficient (Wildman–Crippen LogP) is 3.62. The Morgan fingerprint density at radius 2 is 1.94 bits per heavy atom. The molecule has 0 atom stereocenters. The zero-order valence-electron chi connectivity index (χ0n) is 18.8. The minimum Gasteiger partial charge on any atom is -0.490 e. The number of rotatable bonds is 5. The van der Waals surface area contributed by atoms with E-state index >= 15 is 0 Å². The van der Waals surface area contributed by atoms with Gasteiger partial charge in [0.25, 0.3) is 15.6 Å². The normalized spacial score (nSPS) is 15.0. The van der Waals surface area contributed by atoms with Crippen molar-refractivity contribution in [1.29, 1.82) is 0 Å². The quantitative estimate of drug-likeness (QED) is 0.625. The van der Waals surface area contributed by atoms with Crippen LogP contribution in [0.1, 0.15) is 16.7 Å². The second kappa shape index (κ2) is 7.81. The summed E-state index contributed by atoms with van der Waals surface area (Å²) in [6.07, 6.45) is 5.23. The Labute approximate surface area is 192 Å². The number of nitrogens with one attached hydrogen (secondary N) is 1. The van der Waals surface area contributed by atoms with Gasteiger partial charge in [-0.2, -0.15) is 0 Å². The van der Waals surface area contributed by atoms with Crippen molar-refractivity contribution in [3.63, 3.8) is 0 Å². The highest BCUT2D eigenvalue weighted by Crippen LogP contribution is 2.35. The van der Waals surface area contributed by atoms with Crippen LogP contribution in [0.3, 0.4) is 0 Å². The molecule has 5 rings (SSSR count). The number of pyridine rings is 1. The largest absolute Gasteiger partial charge is 0.490 e. The number of aryl methyl sites for hydroxylation is 2. The van der Waals surface area contributed by atoms with Crippen molar-refractivity contribution in [3.05, 3.63) is 87.4 Å². The van der Waals surface area contributed by atoms with Crippen molar-refractivity contribution in [1.82, 2.24) is 9.29 Å². The van der Waals surface area contributed by atoms with Gasteiger partial charge in [0, 0.05) is 18.7 Å². The summed E-state index contributed by atoms with van der Waals surface area (Å²) in [6, 6.07) is 10.6. The maximum absolute atomic E-state index is 13.7. The Kier molecular flexibility index (Phi) is 5.05. The van der Waals surface area contributed by atoms with E-state index in [1.165, 1.54) is 4.31 Å². The molecule has 2 aliphatic rings. The summed E-state index contributed by atoms with van der Waals surface area (Å²) in [6.45, 7) is 5.12. The lowest BCUT2D eigenvalue weighted by molar-refractivity contribution is 0.310. The minimum atomic E-state index is -3.93. The molecule has 2 aromatic carbocycles. The Bertz CT molecular complexity index is 1500. The average molecular weight is 464 g/mol. The van der Waals surface area contributed by atoms with Crippen molar-refractivity contribution < 1.29 is 13.2 Å². The number of hydrogen-bond acceptors (Lipinski definition) is 5. The topological polar surface area (TPSA) is 82.7 Å². The van der Waals surface area contributed by atoms with Crippen molar-refractivity contribution in [3.8, 4) is 5.75 Å². The van der Waals surface area contributed by atoms with Crippen molar-refractivity contribution >= 4 is 26.6 Å². The van der Waals surface area contributed by atoms with E-state index in [1.54, 1.807) is 42.5 Å². The van der Waals surface area contributed by atoms with Crippen LogP contribution < -0.4 is 15.2 Å². The van der Waals surface area contributed by atoms with E-state index in [1.807, 2.05) is 37.9 Å². The predicted molar refractivity (Wildman–Crippen MR) is 129 cm³/mol. The molecular weight excluding hydrogens is 438 g/mol. The molecule has 8 heteroatoms. The van der Waals surface area contributed by atoms with Crippen molar-refractivity contribution in [2.45, 2.75) is 25.3 Å². The lowest BCUT2D eigenvalue weighted by Crippen LogP contribution is -2.33. The molecule has 170 valence electrons. The van der Waals surface area contributed by atoms with E-state index < -0.39 is 10.0 Å². The van der Waals surface area contributed by atoms with Gasteiger partial charge in [-0.25, -0.2) is 8.42 Å². The number of aromatic amines is 1. The number of hydrogen-bond donors (Lipinski definition) is 1. The van der Waals surface area contributed by atoms with Gasteiger partial charge in [-0.15, -0.1) is 0 Å². The molecule has 1 aliphatic carbocycles. The van der Waals surface area contributed by atoms with Gasteiger partial charge in [0.2, 0.25) is 0 Å². The summed E-state index contributed by atoms with van der Waals surface area (Å²) in [5, 5.41) is 0.869. The van der Waals surface area contributed by atoms with Crippen molar-refractivity contribution in [2.24, 2.45) is 0 Å². The lowest BCUT2D eigenvalue weighted by Gasteiger charge is -2.30. The number of fused-ring (bicyclic) bond motifs is 2. The SMILES string of the molecule is Cc1ccc2cc(CN(C3=CC=C3)S(=O)(=O)c3ccc4c(c3)OCCN4C)c(=O)[nH]c2c1C. The van der Waals surface area contributed by atoms with Crippen molar-refractivity contribution in [2.75, 3.05) is 25.1 Å². The molecule has 0 unspecified atom stereocenters. The van der Waals surface area contributed by atoms with Gasteiger partial charge in [-0.1, -0.05) is 18.2 Å². The van der Waals surface area contributed by atoms with Gasteiger partial charge < -0.3 is 14.6 Å². The summed E-state index contributed by atoms with van der Waals surface area (Å²) in [5.41, 5.74) is 4.33. The van der Waals surface area contributed by atoms with E-state index in [9.17, 15) is 13.2 Å². The number of sulfonamides is 1. The minimum absolute atomic E-state index is 0.0749. The van der Waals surface area contributed by atoms with E-state index in [4.69, 9.17) is 4.74 Å². The molecule has 0 bridgehead atoms. The number of benzene rings is 2. The van der Waals surface area contributed by atoms with Gasteiger partial charge in [0.1, 0.15) is 12.4 Å². The highest BCUT2D eigenvalue weighted by molar-refractivity contribution is 7.89.